The number of pyridine rings is 1. The number of halogens is 3. The number of nitrogens with one attached hydrogen (secondary N) is 2. The van der Waals surface area contributed by atoms with Crippen LogP contribution in [0.1, 0.15) is 33.5 Å². The Morgan fingerprint density at radius 2 is 1.88 bits per heavy atom. The fourth-order valence-electron chi connectivity index (χ4n) is 3.68. The van der Waals surface area contributed by atoms with Crippen LogP contribution in [-0.2, 0) is 19.3 Å². The predicted octanol–water partition coefficient (Wildman–Crippen LogP) is 5.18. The smallest absolute Gasteiger partial charge is 0.416 e. The summed E-state index contributed by atoms with van der Waals surface area (Å²) in [6.45, 7) is 2.55. The van der Waals surface area contributed by atoms with Crippen molar-refractivity contribution >= 4 is 17.3 Å². The topological polar surface area (TPSA) is 66.5 Å². The zero-order valence-corrected chi connectivity index (χ0v) is 18.7. The van der Waals surface area contributed by atoms with Crippen molar-refractivity contribution in [1.29, 1.82) is 0 Å². The van der Waals surface area contributed by atoms with E-state index in [0.29, 0.717) is 35.8 Å². The number of para-hydroxylation sites is 1. The summed E-state index contributed by atoms with van der Waals surface area (Å²) in [5, 5.41) is 5.84. The number of carbonyl (C=O) groups is 1. The van der Waals surface area contributed by atoms with Gasteiger partial charge in [0.15, 0.2) is 0 Å². The summed E-state index contributed by atoms with van der Waals surface area (Å²) in [5.41, 5.74) is 1.62. The van der Waals surface area contributed by atoms with Crippen molar-refractivity contribution in [1.82, 2.24) is 9.88 Å². The van der Waals surface area contributed by atoms with E-state index in [2.05, 4.69) is 20.5 Å². The number of rotatable bonds is 8. The lowest BCUT2D eigenvalue weighted by atomic mass is 10.1. The molecule has 0 radical (unpaired) electrons. The number of hydrogen-bond acceptors (Lipinski definition) is 5. The molecule has 0 unspecified atom stereocenters. The standard InChI is InChI=1S/C25H25F3N4O2/c1-34-23-8-7-17(15-30-23)14-29-22-6-3-2-5-21(22)24(33)31-20-12-18(16-32-9-4-10-32)11-19(13-20)25(26,27)28/h2-3,5-8,11-13,15,29H,4,9-10,14,16H2,1H3,(H,31,33). The van der Waals surface area contributed by atoms with E-state index in [0.717, 1.165) is 37.2 Å². The van der Waals surface area contributed by atoms with Crippen molar-refractivity contribution in [3.63, 3.8) is 0 Å². The van der Waals surface area contributed by atoms with Crippen molar-refractivity contribution in [3.8, 4) is 5.88 Å². The molecule has 0 bridgehead atoms. The number of hydrogen-bond donors (Lipinski definition) is 2. The van der Waals surface area contributed by atoms with Crippen LogP contribution in [0.5, 0.6) is 5.88 Å². The Hall–Kier alpha value is -3.59. The van der Waals surface area contributed by atoms with E-state index in [9.17, 15) is 18.0 Å². The minimum Gasteiger partial charge on any atom is -0.481 e. The molecule has 0 saturated carbocycles. The maximum Gasteiger partial charge on any atom is 0.416 e. The third kappa shape index (κ3) is 5.85. The Labute approximate surface area is 195 Å². The number of anilines is 2. The van der Waals surface area contributed by atoms with Crippen LogP contribution in [0.15, 0.2) is 60.8 Å². The van der Waals surface area contributed by atoms with Gasteiger partial charge in [0, 0.05) is 36.7 Å². The number of likely N-dealkylation sites (tertiary alicyclic amines) is 1. The molecule has 4 rings (SSSR count). The zero-order chi connectivity index (χ0) is 24.1. The molecule has 3 aromatic rings. The van der Waals surface area contributed by atoms with Crippen molar-refractivity contribution in [3.05, 3.63) is 83.0 Å². The number of ether oxygens (including phenoxy) is 1. The van der Waals surface area contributed by atoms with Gasteiger partial charge in [-0.1, -0.05) is 18.2 Å². The average molecular weight is 470 g/mol. The van der Waals surface area contributed by atoms with E-state index in [1.807, 2.05) is 6.07 Å². The molecule has 6 nitrogen and oxygen atoms in total. The fourth-order valence-corrected chi connectivity index (χ4v) is 3.68. The lowest BCUT2D eigenvalue weighted by Crippen LogP contribution is -2.36. The van der Waals surface area contributed by atoms with Gasteiger partial charge < -0.3 is 15.4 Å². The average Bonchev–Trinajstić information content (AvgIpc) is 2.80. The summed E-state index contributed by atoms with van der Waals surface area (Å²) < 4.78 is 45.4. The first kappa shape index (κ1) is 23.6. The van der Waals surface area contributed by atoms with Gasteiger partial charge in [0.25, 0.3) is 5.91 Å². The lowest BCUT2D eigenvalue weighted by Gasteiger charge is -2.31. The summed E-state index contributed by atoms with van der Waals surface area (Å²) >= 11 is 0. The molecule has 1 aliphatic rings. The number of nitrogens with zero attached hydrogens (tertiary/aromatic N) is 2. The largest absolute Gasteiger partial charge is 0.481 e. The van der Waals surface area contributed by atoms with Crippen molar-refractivity contribution in [2.75, 3.05) is 30.8 Å². The van der Waals surface area contributed by atoms with E-state index in [4.69, 9.17) is 4.74 Å². The molecular formula is C25H25F3N4O2. The Bertz CT molecular complexity index is 1150. The SMILES string of the molecule is COc1ccc(CNc2ccccc2C(=O)Nc2cc(CN3CCC3)cc(C(F)(F)F)c2)cn1. The maximum absolute atomic E-state index is 13.5. The van der Waals surface area contributed by atoms with Crippen LogP contribution in [0.3, 0.4) is 0 Å². The van der Waals surface area contributed by atoms with E-state index in [1.165, 1.54) is 7.11 Å². The summed E-state index contributed by atoms with van der Waals surface area (Å²) in [7, 11) is 1.54. The van der Waals surface area contributed by atoms with Gasteiger partial charge >= 0.3 is 6.18 Å². The molecule has 2 aromatic carbocycles. The van der Waals surface area contributed by atoms with Crippen LogP contribution < -0.4 is 15.4 Å². The maximum atomic E-state index is 13.5. The fraction of sp³-hybridized carbons (Fsp3) is 0.280. The second-order valence-electron chi connectivity index (χ2n) is 8.11. The highest BCUT2D eigenvalue weighted by molar-refractivity contribution is 6.08. The summed E-state index contributed by atoms with van der Waals surface area (Å²) in [5.74, 6) is 0.00303. The van der Waals surface area contributed by atoms with E-state index < -0.39 is 17.6 Å². The van der Waals surface area contributed by atoms with Crippen molar-refractivity contribution in [2.45, 2.75) is 25.7 Å². The third-order valence-electron chi connectivity index (χ3n) is 5.59. The normalized spacial score (nSPS) is 13.8. The van der Waals surface area contributed by atoms with Gasteiger partial charge in [0.1, 0.15) is 0 Å². The second-order valence-corrected chi connectivity index (χ2v) is 8.11. The van der Waals surface area contributed by atoms with Crippen molar-refractivity contribution in [2.24, 2.45) is 0 Å². The molecule has 0 spiro atoms. The Morgan fingerprint density at radius 3 is 2.53 bits per heavy atom. The monoisotopic (exact) mass is 470 g/mol. The number of benzene rings is 2. The number of methoxy groups -OCH3 is 1. The molecule has 1 aliphatic heterocycles. The molecule has 1 amide bonds. The van der Waals surface area contributed by atoms with Gasteiger partial charge in [0.05, 0.1) is 18.2 Å². The second kappa shape index (κ2) is 10.1. The third-order valence-corrected chi connectivity index (χ3v) is 5.59. The van der Waals surface area contributed by atoms with Gasteiger partial charge in [-0.25, -0.2) is 4.98 Å². The molecule has 2 heterocycles. The van der Waals surface area contributed by atoms with Crippen LogP contribution in [0, 0.1) is 0 Å². The number of amides is 1. The summed E-state index contributed by atoms with van der Waals surface area (Å²) in [6.07, 6.45) is -1.80. The Morgan fingerprint density at radius 1 is 1.09 bits per heavy atom. The molecule has 34 heavy (non-hydrogen) atoms. The molecular weight excluding hydrogens is 445 g/mol. The minimum absolute atomic E-state index is 0.115. The van der Waals surface area contributed by atoms with Gasteiger partial charge in [-0.2, -0.15) is 13.2 Å². The highest BCUT2D eigenvalue weighted by Crippen LogP contribution is 2.33. The zero-order valence-electron chi connectivity index (χ0n) is 18.7. The number of carbonyl (C=O) groups excluding carboxylic acids is 1. The minimum atomic E-state index is -4.50. The number of alkyl halides is 3. The predicted molar refractivity (Wildman–Crippen MR) is 124 cm³/mol. The highest BCUT2D eigenvalue weighted by Gasteiger charge is 2.31. The molecule has 0 aliphatic carbocycles. The van der Waals surface area contributed by atoms with Gasteiger partial charge in [-0.3, -0.25) is 9.69 Å². The Kier molecular flexibility index (Phi) is 7.02. The molecule has 1 aromatic heterocycles. The molecule has 1 saturated heterocycles. The molecule has 0 atom stereocenters. The summed E-state index contributed by atoms with van der Waals surface area (Å²) in [4.78, 5) is 19.2. The van der Waals surface area contributed by atoms with Gasteiger partial charge in [-0.15, -0.1) is 0 Å². The van der Waals surface area contributed by atoms with E-state index in [-0.39, 0.29) is 5.69 Å². The lowest BCUT2D eigenvalue weighted by molar-refractivity contribution is -0.137. The first-order valence-electron chi connectivity index (χ1n) is 10.9. The molecule has 2 N–H and O–H groups in total. The van der Waals surface area contributed by atoms with Crippen LogP contribution in [0.4, 0.5) is 24.5 Å². The molecule has 9 heteroatoms. The van der Waals surface area contributed by atoms with Gasteiger partial charge in [0.2, 0.25) is 5.88 Å². The van der Waals surface area contributed by atoms with E-state index in [1.54, 1.807) is 42.6 Å². The van der Waals surface area contributed by atoms with Gasteiger partial charge in [-0.05, 0) is 61.0 Å². The summed E-state index contributed by atoms with van der Waals surface area (Å²) in [6, 6.07) is 14.2. The first-order chi connectivity index (χ1) is 16.3. The highest BCUT2D eigenvalue weighted by atomic mass is 19.4. The molecule has 1 fully saturated rings. The van der Waals surface area contributed by atoms with Crippen LogP contribution in [-0.4, -0.2) is 36.0 Å². The van der Waals surface area contributed by atoms with Crippen LogP contribution in [0.2, 0.25) is 0 Å². The van der Waals surface area contributed by atoms with E-state index >= 15 is 0 Å². The number of aromatic nitrogens is 1. The van der Waals surface area contributed by atoms with Crippen LogP contribution in [0.25, 0.3) is 0 Å². The van der Waals surface area contributed by atoms with Crippen LogP contribution >= 0.6 is 0 Å². The quantitative estimate of drug-likeness (QED) is 0.475. The van der Waals surface area contributed by atoms with Crippen molar-refractivity contribution < 1.29 is 22.7 Å². The Balaban J connectivity index is 1.51. The first-order valence-corrected chi connectivity index (χ1v) is 10.9. The molecule has 178 valence electrons.